The molecule has 7 nitrogen and oxygen atoms in total. The van der Waals surface area contributed by atoms with Crippen LogP contribution >= 0.6 is 0 Å². The van der Waals surface area contributed by atoms with Gasteiger partial charge >= 0.3 is 5.97 Å². The number of amides is 1. The summed E-state index contributed by atoms with van der Waals surface area (Å²) < 4.78 is 0. The maximum atomic E-state index is 11.6. The molecule has 1 amide bonds. The van der Waals surface area contributed by atoms with Gasteiger partial charge < -0.3 is 10.4 Å². The summed E-state index contributed by atoms with van der Waals surface area (Å²) >= 11 is 0. The van der Waals surface area contributed by atoms with Gasteiger partial charge in [-0.1, -0.05) is 12.1 Å². The molecule has 0 saturated heterocycles. The van der Waals surface area contributed by atoms with Gasteiger partial charge in [0.1, 0.15) is 5.54 Å². The summed E-state index contributed by atoms with van der Waals surface area (Å²) in [7, 11) is 0. The molecule has 0 aromatic heterocycles. The van der Waals surface area contributed by atoms with Crippen molar-refractivity contribution in [2.24, 2.45) is 0 Å². The highest BCUT2D eigenvalue weighted by molar-refractivity contribution is 5.87. The molecule has 0 fully saturated rings. The van der Waals surface area contributed by atoms with Gasteiger partial charge in [0.05, 0.1) is 11.3 Å². The van der Waals surface area contributed by atoms with Gasteiger partial charge in [0, 0.05) is 12.1 Å². The van der Waals surface area contributed by atoms with Crippen molar-refractivity contribution >= 4 is 17.6 Å². The molecule has 0 atom stereocenters. The molecule has 2 N–H and O–H groups in total. The largest absolute Gasteiger partial charge is 0.480 e. The van der Waals surface area contributed by atoms with Crippen molar-refractivity contribution in [1.82, 2.24) is 5.32 Å². The standard InChI is InChI=1S/C12H14N2O5/c1-12(2,11(16)17)13-10(15)7-8-3-5-9(6-4-8)14(18)19/h3-6H,7H2,1-2H3,(H,13,15)(H,16,17). The van der Waals surface area contributed by atoms with Gasteiger partial charge in [-0.3, -0.25) is 14.9 Å². The van der Waals surface area contributed by atoms with Crippen LogP contribution in [0, 0.1) is 10.1 Å². The first-order valence-corrected chi connectivity index (χ1v) is 5.50. The van der Waals surface area contributed by atoms with Crippen molar-refractivity contribution in [3.8, 4) is 0 Å². The fourth-order valence-electron chi connectivity index (χ4n) is 1.37. The molecular formula is C12H14N2O5. The monoisotopic (exact) mass is 266 g/mol. The van der Waals surface area contributed by atoms with Gasteiger partial charge in [0.25, 0.3) is 5.69 Å². The zero-order valence-electron chi connectivity index (χ0n) is 10.5. The van der Waals surface area contributed by atoms with Crippen molar-refractivity contribution in [3.63, 3.8) is 0 Å². The molecule has 0 aliphatic carbocycles. The van der Waals surface area contributed by atoms with Gasteiger partial charge in [0.15, 0.2) is 0 Å². The van der Waals surface area contributed by atoms with Crippen LogP contribution in [0.1, 0.15) is 19.4 Å². The number of rotatable bonds is 5. The fraction of sp³-hybridized carbons (Fsp3) is 0.333. The molecule has 1 aromatic rings. The fourth-order valence-corrected chi connectivity index (χ4v) is 1.37. The van der Waals surface area contributed by atoms with Crippen LogP contribution in [0.15, 0.2) is 24.3 Å². The number of aliphatic carboxylic acids is 1. The van der Waals surface area contributed by atoms with Crippen molar-refractivity contribution in [2.45, 2.75) is 25.8 Å². The Morgan fingerprint density at radius 1 is 1.32 bits per heavy atom. The molecule has 0 aliphatic rings. The summed E-state index contributed by atoms with van der Waals surface area (Å²) in [6.45, 7) is 2.76. The molecule has 0 saturated carbocycles. The van der Waals surface area contributed by atoms with E-state index in [1.54, 1.807) is 0 Å². The highest BCUT2D eigenvalue weighted by atomic mass is 16.6. The van der Waals surface area contributed by atoms with Crippen molar-refractivity contribution in [3.05, 3.63) is 39.9 Å². The minimum Gasteiger partial charge on any atom is -0.480 e. The van der Waals surface area contributed by atoms with Crippen LogP contribution < -0.4 is 5.32 Å². The first-order valence-electron chi connectivity index (χ1n) is 5.50. The second kappa shape index (κ2) is 5.47. The molecule has 1 rings (SSSR count). The Labute approximate surface area is 109 Å². The minimum absolute atomic E-state index is 0.0330. The maximum Gasteiger partial charge on any atom is 0.328 e. The second-order valence-corrected chi connectivity index (χ2v) is 4.58. The van der Waals surface area contributed by atoms with Gasteiger partial charge in [-0.2, -0.15) is 0 Å². The molecule has 0 aliphatic heterocycles. The van der Waals surface area contributed by atoms with Crippen molar-refractivity contribution < 1.29 is 19.6 Å². The minimum atomic E-state index is -1.35. The van der Waals surface area contributed by atoms with Crippen LogP contribution in [0.25, 0.3) is 0 Å². The summed E-state index contributed by atoms with van der Waals surface area (Å²) in [5.41, 5.74) is -0.836. The number of nitrogens with zero attached hydrogens (tertiary/aromatic N) is 1. The van der Waals surface area contributed by atoms with Crippen LogP contribution in [-0.4, -0.2) is 27.4 Å². The molecule has 0 unspecified atom stereocenters. The third-order valence-electron chi connectivity index (χ3n) is 2.50. The van der Waals surface area contributed by atoms with Gasteiger partial charge in [-0.05, 0) is 19.4 Å². The number of carboxylic acids is 1. The lowest BCUT2D eigenvalue weighted by molar-refractivity contribution is -0.384. The lowest BCUT2D eigenvalue weighted by Crippen LogP contribution is -2.50. The number of hydrogen-bond acceptors (Lipinski definition) is 4. The summed E-state index contributed by atoms with van der Waals surface area (Å²) in [6, 6.07) is 5.52. The first-order chi connectivity index (χ1) is 8.72. The number of hydrogen-bond donors (Lipinski definition) is 2. The second-order valence-electron chi connectivity index (χ2n) is 4.58. The van der Waals surface area contributed by atoms with E-state index in [0.29, 0.717) is 5.56 Å². The number of non-ortho nitro benzene ring substituents is 1. The summed E-state index contributed by atoms with van der Waals surface area (Å²) in [5, 5.41) is 21.7. The van der Waals surface area contributed by atoms with E-state index in [-0.39, 0.29) is 12.1 Å². The lowest BCUT2D eigenvalue weighted by atomic mass is 10.0. The average molecular weight is 266 g/mol. The van der Waals surface area contributed by atoms with E-state index in [9.17, 15) is 19.7 Å². The highest BCUT2D eigenvalue weighted by Crippen LogP contribution is 2.12. The van der Waals surface area contributed by atoms with Crippen LogP contribution in [0.3, 0.4) is 0 Å². The summed E-state index contributed by atoms with van der Waals surface area (Å²) in [5.74, 6) is -1.59. The number of nitro groups is 1. The Kier molecular flexibility index (Phi) is 4.21. The molecular weight excluding hydrogens is 252 g/mol. The van der Waals surface area contributed by atoms with E-state index in [4.69, 9.17) is 5.11 Å². The zero-order valence-corrected chi connectivity index (χ0v) is 10.5. The summed E-state index contributed by atoms with van der Waals surface area (Å²) in [6.07, 6.45) is -0.0330. The van der Waals surface area contributed by atoms with E-state index in [0.717, 1.165) is 0 Å². The first kappa shape index (κ1) is 14.6. The molecule has 0 bridgehead atoms. The van der Waals surface area contributed by atoms with E-state index in [1.165, 1.54) is 38.1 Å². The van der Waals surface area contributed by atoms with E-state index in [1.807, 2.05) is 0 Å². The number of carbonyl (C=O) groups excluding carboxylic acids is 1. The van der Waals surface area contributed by atoms with Crippen LogP contribution in [0.5, 0.6) is 0 Å². The molecule has 7 heteroatoms. The number of carboxylic acid groups (broad SMARTS) is 1. The highest BCUT2D eigenvalue weighted by Gasteiger charge is 2.28. The van der Waals surface area contributed by atoms with Gasteiger partial charge in [-0.25, -0.2) is 4.79 Å². The number of carbonyl (C=O) groups is 2. The molecule has 102 valence electrons. The van der Waals surface area contributed by atoms with Crippen molar-refractivity contribution in [2.75, 3.05) is 0 Å². The third kappa shape index (κ3) is 4.06. The molecule has 19 heavy (non-hydrogen) atoms. The Balaban J connectivity index is 2.67. The van der Waals surface area contributed by atoms with Crippen LogP contribution in [0.2, 0.25) is 0 Å². The third-order valence-corrected chi connectivity index (χ3v) is 2.50. The Morgan fingerprint density at radius 2 is 1.84 bits per heavy atom. The van der Waals surface area contributed by atoms with E-state index >= 15 is 0 Å². The maximum absolute atomic E-state index is 11.6. The van der Waals surface area contributed by atoms with E-state index < -0.39 is 22.3 Å². The quantitative estimate of drug-likeness (QED) is 0.613. The number of nitrogens with one attached hydrogen (secondary N) is 1. The molecule has 1 aromatic carbocycles. The number of benzene rings is 1. The Bertz CT molecular complexity index is 507. The predicted octanol–water partition coefficient (Wildman–Crippen LogP) is 1.12. The molecule has 0 spiro atoms. The topological polar surface area (TPSA) is 110 Å². The molecule has 0 radical (unpaired) electrons. The normalized spacial score (nSPS) is 10.8. The van der Waals surface area contributed by atoms with Gasteiger partial charge in [0.2, 0.25) is 5.91 Å². The average Bonchev–Trinajstić information content (AvgIpc) is 2.28. The van der Waals surface area contributed by atoms with Crippen LogP contribution in [0.4, 0.5) is 5.69 Å². The Morgan fingerprint density at radius 3 is 2.26 bits per heavy atom. The number of nitro benzene ring substituents is 1. The van der Waals surface area contributed by atoms with Gasteiger partial charge in [-0.15, -0.1) is 0 Å². The Hall–Kier alpha value is -2.44. The predicted molar refractivity (Wildman–Crippen MR) is 66.7 cm³/mol. The summed E-state index contributed by atoms with van der Waals surface area (Å²) in [4.78, 5) is 32.4. The lowest BCUT2D eigenvalue weighted by Gasteiger charge is -2.20. The van der Waals surface area contributed by atoms with Crippen molar-refractivity contribution in [1.29, 1.82) is 0 Å². The molecule has 0 heterocycles. The van der Waals surface area contributed by atoms with E-state index in [2.05, 4.69) is 5.32 Å². The van der Waals surface area contributed by atoms with Crippen LogP contribution in [-0.2, 0) is 16.0 Å². The zero-order chi connectivity index (χ0) is 14.6. The SMILES string of the molecule is CC(C)(NC(=O)Cc1ccc([N+](=O)[O-])cc1)C(=O)O. The smallest absolute Gasteiger partial charge is 0.328 e.